The fourth-order valence-corrected chi connectivity index (χ4v) is 2.78. The topological polar surface area (TPSA) is 88.3 Å². The number of sulfonamides is 1. The quantitative estimate of drug-likeness (QED) is 0.579. The third-order valence-corrected chi connectivity index (χ3v) is 4.52. The predicted molar refractivity (Wildman–Crippen MR) is 60.0 cm³/mol. The zero-order chi connectivity index (χ0) is 11.8. The van der Waals surface area contributed by atoms with Gasteiger partial charge in [-0.2, -0.15) is 4.31 Å². The van der Waals surface area contributed by atoms with Crippen molar-refractivity contribution in [2.24, 2.45) is 5.84 Å². The Bertz CT molecular complexity index is 467. The van der Waals surface area contributed by atoms with Crippen LogP contribution >= 0.6 is 0 Å². The van der Waals surface area contributed by atoms with E-state index < -0.39 is 10.0 Å². The second-order valence-corrected chi connectivity index (χ2v) is 5.77. The minimum absolute atomic E-state index is 0.150. The van der Waals surface area contributed by atoms with Gasteiger partial charge in [0.05, 0.1) is 0 Å². The molecule has 0 atom stereocenters. The summed E-state index contributed by atoms with van der Waals surface area (Å²) in [5, 5.41) is 0. The molecule has 0 unspecified atom stereocenters. The number of rotatable bonds is 4. The molecule has 16 heavy (non-hydrogen) atoms. The molecule has 1 aromatic rings. The summed E-state index contributed by atoms with van der Waals surface area (Å²) < 4.78 is 25.5. The maximum Gasteiger partial charge on any atom is 0.244 e. The van der Waals surface area contributed by atoms with E-state index in [9.17, 15) is 8.42 Å². The van der Waals surface area contributed by atoms with Crippen LogP contribution in [0.3, 0.4) is 0 Å². The standard InChI is InChI=1S/C9H14N4O2S/c1-13(7-2-3-7)16(14,15)8-4-5-9(12-10)11-6-8/h4-7H,2-3,10H2,1H3,(H,11,12). The molecule has 1 fully saturated rings. The Kier molecular flexibility index (Phi) is 2.83. The van der Waals surface area contributed by atoms with E-state index in [2.05, 4.69) is 10.4 Å². The van der Waals surface area contributed by atoms with Crippen LogP contribution in [0.4, 0.5) is 5.82 Å². The van der Waals surface area contributed by atoms with E-state index in [1.54, 1.807) is 7.05 Å². The molecule has 0 aromatic carbocycles. The fourth-order valence-electron chi connectivity index (χ4n) is 1.42. The van der Waals surface area contributed by atoms with E-state index in [1.807, 2.05) is 0 Å². The van der Waals surface area contributed by atoms with Gasteiger partial charge in [-0.05, 0) is 25.0 Å². The van der Waals surface area contributed by atoms with Crippen molar-refractivity contribution in [2.45, 2.75) is 23.8 Å². The highest BCUT2D eigenvalue weighted by atomic mass is 32.2. The molecular weight excluding hydrogens is 228 g/mol. The first kappa shape index (κ1) is 11.3. The Balaban J connectivity index is 2.27. The molecule has 3 N–H and O–H groups in total. The summed E-state index contributed by atoms with van der Waals surface area (Å²) in [5.41, 5.74) is 2.35. The molecule has 7 heteroatoms. The number of nitrogens with zero attached hydrogens (tertiary/aromatic N) is 2. The monoisotopic (exact) mass is 242 g/mol. The Morgan fingerprint density at radius 3 is 2.62 bits per heavy atom. The second kappa shape index (κ2) is 4.00. The number of pyridine rings is 1. The van der Waals surface area contributed by atoms with Gasteiger partial charge in [-0.15, -0.1) is 0 Å². The number of hydrogen-bond donors (Lipinski definition) is 2. The van der Waals surface area contributed by atoms with Gasteiger partial charge < -0.3 is 5.43 Å². The van der Waals surface area contributed by atoms with E-state index in [1.165, 1.54) is 22.6 Å². The number of anilines is 1. The van der Waals surface area contributed by atoms with E-state index in [-0.39, 0.29) is 10.9 Å². The first-order valence-electron chi connectivity index (χ1n) is 4.96. The molecule has 0 saturated heterocycles. The first-order valence-corrected chi connectivity index (χ1v) is 6.40. The highest BCUT2D eigenvalue weighted by Gasteiger charge is 2.35. The lowest BCUT2D eigenvalue weighted by atomic mass is 10.5. The minimum Gasteiger partial charge on any atom is -0.308 e. The van der Waals surface area contributed by atoms with Crippen molar-refractivity contribution in [3.63, 3.8) is 0 Å². The minimum atomic E-state index is -3.40. The van der Waals surface area contributed by atoms with Gasteiger partial charge in [0, 0.05) is 19.3 Å². The lowest BCUT2D eigenvalue weighted by molar-refractivity contribution is 0.464. The molecule has 1 saturated carbocycles. The molecule has 2 rings (SSSR count). The van der Waals surface area contributed by atoms with E-state index in [0.717, 1.165) is 12.8 Å². The van der Waals surface area contributed by atoms with Crippen molar-refractivity contribution in [1.29, 1.82) is 0 Å². The molecule has 1 aromatic heterocycles. The fraction of sp³-hybridized carbons (Fsp3) is 0.444. The Labute approximate surface area is 94.5 Å². The third kappa shape index (κ3) is 2.01. The third-order valence-electron chi connectivity index (χ3n) is 2.62. The average Bonchev–Trinajstić information content (AvgIpc) is 3.12. The Morgan fingerprint density at radius 1 is 1.50 bits per heavy atom. The summed E-state index contributed by atoms with van der Waals surface area (Å²) in [6, 6.07) is 3.18. The zero-order valence-corrected chi connectivity index (χ0v) is 9.74. The Hall–Kier alpha value is -1.18. The average molecular weight is 242 g/mol. The van der Waals surface area contributed by atoms with E-state index in [4.69, 9.17) is 5.84 Å². The van der Waals surface area contributed by atoms with Crippen LogP contribution in [0.25, 0.3) is 0 Å². The number of aromatic nitrogens is 1. The summed E-state index contributed by atoms with van der Waals surface area (Å²) in [6.45, 7) is 0. The number of nitrogens with one attached hydrogen (secondary N) is 1. The highest BCUT2D eigenvalue weighted by molar-refractivity contribution is 7.89. The van der Waals surface area contributed by atoms with Gasteiger partial charge in [0.25, 0.3) is 0 Å². The van der Waals surface area contributed by atoms with Crippen molar-refractivity contribution in [2.75, 3.05) is 12.5 Å². The van der Waals surface area contributed by atoms with Gasteiger partial charge in [0.1, 0.15) is 10.7 Å². The SMILES string of the molecule is CN(C1CC1)S(=O)(=O)c1ccc(NN)nc1. The lowest BCUT2D eigenvalue weighted by Crippen LogP contribution is -2.29. The van der Waals surface area contributed by atoms with Crippen molar-refractivity contribution < 1.29 is 8.42 Å². The van der Waals surface area contributed by atoms with Crippen LogP contribution in [0.1, 0.15) is 12.8 Å². The van der Waals surface area contributed by atoms with Gasteiger partial charge >= 0.3 is 0 Å². The van der Waals surface area contributed by atoms with Crippen LogP contribution in [0.5, 0.6) is 0 Å². The molecule has 0 bridgehead atoms. The van der Waals surface area contributed by atoms with Crippen LogP contribution < -0.4 is 11.3 Å². The summed E-state index contributed by atoms with van der Waals surface area (Å²) in [4.78, 5) is 4.08. The molecule has 1 aliphatic rings. The normalized spacial score (nSPS) is 16.4. The number of hydrazine groups is 1. The Morgan fingerprint density at radius 2 is 2.19 bits per heavy atom. The largest absolute Gasteiger partial charge is 0.308 e. The molecule has 6 nitrogen and oxygen atoms in total. The molecule has 1 aliphatic carbocycles. The molecule has 1 heterocycles. The maximum absolute atomic E-state index is 12.0. The van der Waals surface area contributed by atoms with Crippen LogP contribution in [-0.4, -0.2) is 30.8 Å². The maximum atomic E-state index is 12.0. The molecule has 0 spiro atoms. The van der Waals surface area contributed by atoms with Crippen molar-refractivity contribution in [3.05, 3.63) is 18.3 Å². The number of nitrogens with two attached hydrogens (primary N) is 1. The van der Waals surface area contributed by atoms with Crippen LogP contribution in [-0.2, 0) is 10.0 Å². The number of hydrogen-bond acceptors (Lipinski definition) is 5. The van der Waals surface area contributed by atoms with E-state index in [0.29, 0.717) is 5.82 Å². The lowest BCUT2D eigenvalue weighted by Gasteiger charge is -2.16. The van der Waals surface area contributed by atoms with Gasteiger partial charge in [-0.3, -0.25) is 0 Å². The molecule has 0 aliphatic heterocycles. The summed E-state index contributed by atoms with van der Waals surface area (Å²) in [5.74, 6) is 5.59. The summed E-state index contributed by atoms with van der Waals surface area (Å²) >= 11 is 0. The van der Waals surface area contributed by atoms with Crippen LogP contribution in [0.15, 0.2) is 23.2 Å². The molecule has 0 radical (unpaired) electrons. The zero-order valence-electron chi connectivity index (χ0n) is 8.92. The van der Waals surface area contributed by atoms with Gasteiger partial charge in [0.2, 0.25) is 10.0 Å². The van der Waals surface area contributed by atoms with Crippen LogP contribution in [0, 0.1) is 0 Å². The summed E-state index contributed by atoms with van der Waals surface area (Å²) in [6.07, 6.45) is 3.18. The molecule has 88 valence electrons. The summed E-state index contributed by atoms with van der Waals surface area (Å²) in [7, 11) is -1.80. The number of nitrogen functional groups attached to an aromatic ring is 1. The van der Waals surface area contributed by atoms with Crippen LogP contribution in [0.2, 0.25) is 0 Å². The van der Waals surface area contributed by atoms with Gasteiger partial charge in [-0.25, -0.2) is 19.2 Å². The molecular formula is C9H14N4O2S. The van der Waals surface area contributed by atoms with Crippen molar-refractivity contribution >= 4 is 15.8 Å². The highest BCUT2D eigenvalue weighted by Crippen LogP contribution is 2.30. The predicted octanol–water partition coefficient (Wildman–Crippen LogP) is 0.150. The van der Waals surface area contributed by atoms with Crippen molar-refractivity contribution in [1.82, 2.24) is 9.29 Å². The van der Waals surface area contributed by atoms with Gasteiger partial charge in [0.15, 0.2) is 0 Å². The first-order chi connectivity index (χ1) is 7.55. The van der Waals surface area contributed by atoms with E-state index >= 15 is 0 Å². The smallest absolute Gasteiger partial charge is 0.244 e. The van der Waals surface area contributed by atoms with Crippen molar-refractivity contribution in [3.8, 4) is 0 Å². The second-order valence-electron chi connectivity index (χ2n) is 3.78. The van der Waals surface area contributed by atoms with Gasteiger partial charge in [-0.1, -0.05) is 0 Å². The molecule has 0 amide bonds.